The molecule has 0 heterocycles. The molecule has 0 aliphatic heterocycles. The Morgan fingerprint density at radius 3 is 0.971 bits per heavy atom. The van der Waals surface area contributed by atoms with Crippen LogP contribution in [-0.2, 0) is 41.7 Å². The van der Waals surface area contributed by atoms with Gasteiger partial charge in [-0.15, -0.1) is 0 Å². The van der Waals surface area contributed by atoms with Gasteiger partial charge in [0.05, 0.1) is 0 Å². The zero-order valence-electron chi connectivity index (χ0n) is 23.4. The normalized spacial score (nSPS) is 13.0. The van der Waals surface area contributed by atoms with Crippen molar-refractivity contribution in [3.8, 4) is 0 Å². The number of rotatable bonds is 26. The van der Waals surface area contributed by atoms with Crippen LogP contribution in [0.2, 0.25) is 8.87 Å². The van der Waals surface area contributed by atoms with Crippen molar-refractivity contribution in [2.75, 3.05) is 26.4 Å². The van der Waals surface area contributed by atoms with E-state index in [1.165, 1.54) is 34.6 Å². The monoisotopic (exact) mass is 716 g/mol. The summed E-state index contributed by atoms with van der Waals surface area (Å²) in [6.07, 6.45) is 13.3. The Kier molecular flexibility index (Phi) is 25.1. The van der Waals surface area contributed by atoms with Gasteiger partial charge < -0.3 is 0 Å². The summed E-state index contributed by atoms with van der Waals surface area (Å²) in [6.45, 7) is 16.1. The van der Waals surface area contributed by atoms with Crippen LogP contribution in [0.3, 0.4) is 0 Å². The zero-order chi connectivity index (χ0) is 26.5. The van der Waals surface area contributed by atoms with Crippen molar-refractivity contribution in [3.63, 3.8) is 0 Å². The molecule has 0 spiro atoms. The van der Waals surface area contributed by atoms with Gasteiger partial charge in [-0.25, -0.2) is 0 Å². The van der Waals surface area contributed by atoms with Gasteiger partial charge in [-0.05, 0) is 0 Å². The summed E-state index contributed by atoms with van der Waals surface area (Å²) in [5, 5.41) is 0. The second-order valence-electron chi connectivity index (χ2n) is 8.94. The van der Waals surface area contributed by atoms with E-state index in [0.29, 0.717) is 26.4 Å². The molecule has 0 bridgehead atoms. The van der Waals surface area contributed by atoms with Crippen LogP contribution >= 0.6 is 28.5 Å². The fourth-order valence-corrected chi connectivity index (χ4v) is 101. The molecule has 0 aromatic heterocycles. The van der Waals surface area contributed by atoms with Crippen LogP contribution in [0.25, 0.3) is 0 Å². The van der Waals surface area contributed by atoms with Crippen molar-refractivity contribution in [3.05, 3.63) is 0 Å². The molecule has 0 aromatic carbocycles. The second-order valence-corrected chi connectivity index (χ2v) is 50.0. The standard InChI is InChI=1S/2C8H19O2PS2.2C4H9.Sn/c2*1-3-5-7-9-11(12,13)10-8-6-4-2;2*1-3-4-2;/h2*3-8H2,1-2H3,(H,12,13);2*1,3-4H2,2H3;/q;;;;+2/p-2. The van der Waals surface area contributed by atoms with Gasteiger partial charge in [-0.2, -0.15) is 0 Å². The number of hydrogen-bond donors (Lipinski definition) is 0. The average Bonchev–Trinajstić information content (AvgIpc) is 2.82. The summed E-state index contributed by atoms with van der Waals surface area (Å²) in [4.78, 5) is 0. The first-order valence-electron chi connectivity index (χ1n) is 14.0. The predicted octanol–water partition coefficient (Wildman–Crippen LogP) is 11.2. The van der Waals surface area contributed by atoms with Gasteiger partial charge in [0.1, 0.15) is 0 Å². The Hall–Kier alpha value is 2.64. The van der Waals surface area contributed by atoms with E-state index in [9.17, 15) is 0 Å². The van der Waals surface area contributed by atoms with Gasteiger partial charge >= 0.3 is 240 Å². The number of hydrogen-bond acceptors (Lipinski definition) is 8. The minimum absolute atomic E-state index is 0.690. The summed E-state index contributed by atoms with van der Waals surface area (Å²) >= 11 is 9.39. The van der Waals surface area contributed by atoms with Gasteiger partial charge in [0.15, 0.2) is 0 Å². The summed E-state index contributed by atoms with van der Waals surface area (Å²) in [5.41, 5.74) is -4.89. The van der Waals surface area contributed by atoms with Gasteiger partial charge in [0, 0.05) is 0 Å². The van der Waals surface area contributed by atoms with Crippen LogP contribution in [0.15, 0.2) is 0 Å². The summed E-state index contributed by atoms with van der Waals surface area (Å²) in [6, 6.07) is 0. The van der Waals surface area contributed by atoms with Gasteiger partial charge in [0.2, 0.25) is 0 Å². The Morgan fingerprint density at radius 2 is 0.743 bits per heavy atom. The van der Waals surface area contributed by atoms with Crippen molar-refractivity contribution in [1.29, 1.82) is 0 Å². The van der Waals surface area contributed by atoms with Crippen LogP contribution in [0.1, 0.15) is 119 Å². The van der Waals surface area contributed by atoms with Crippen LogP contribution in [0, 0.1) is 0 Å². The van der Waals surface area contributed by atoms with Crippen LogP contribution in [-0.4, -0.2) is 42.0 Å². The fraction of sp³-hybridized carbons (Fsp3) is 1.00. The van der Waals surface area contributed by atoms with Crippen molar-refractivity contribution in [2.24, 2.45) is 0 Å². The van der Waals surface area contributed by atoms with E-state index in [4.69, 9.17) is 41.7 Å². The maximum atomic E-state index is 6.45. The molecular weight excluding hydrogens is 661 g/mol. The molecule has 0 rings (SSSR count). The third-order valence-corrected chi connectivity index (χ3v) is 72.8. The van der Waals surface area contributed by atoms with Crippen molar-refractivity contribution < 1.29 is 18.1 Å². The van der Waals surface area contributed by atoms with E-state index >= 15 is 0 Å². The molecule has 0 fully saturated rings. The summed E-state index contributed by atoms with van der Waals surface area (Å²) in [5.74, 6) is 0. The van der Waals surface area contributed by atoms with Crippen molar-refractivity contribution in [2.45, 2.75) is 127 Å². The van der Waals surface area contributed by atoms with Crippen LogP contribution < -0.4 is 0 Å². The van der Waals surface area contributed by atoms with E-state index in [2.05, 4.69) is 41.5 Å². The SMILES string of the molecule is CCCCOP(=S)(OCCCC)[S][Sn]([CH2]CCC)([CH2]CCC)[S]P(=S)(OCCCC)OCCCC. The molecule has 0 unspecified atom stereocenters. The van der Waals surface area contributed by atoms with Crippen LogP contribution in [0.4, 0.5) is 0 Å². The van der Waals surface area contributed by atoms with Gasteiger partial charge in [0.25, 0.3) is 0 Å². The van der Waals surface area contributed by atoms with Gasteiger partial charge in [-0.3, -0.25) is 0 Å². The minimum atomic E-state index is -3.10. The van der Waals surface area contributed by atoms with E-state index < -0.39 is 27.0 Å². The molecule has 11 heteroatoms. The number of unbranched alkanes of at least 4 members (excludes halogenated alkanes) is 6. The van der Waals surface area contributed by atoms with E-state index in [-0.39, 0.29) is 0 Å². The fourth-order valence-electron chi connectivity index (χ4n) is 3.09. The van der Waals surface area contributed by atoms with E-state index in [1.807, 2.05) is 17.1 Å². The third kappa shape index (κ3) is 18.6. The second kappa shape index (κ2) is 23.4. The molecule has 212 valence electrons. The topological polar surface area (TPSA) is 36.9 Å². The van der Waals surface area contributed by atoms with Crippen molar-refractivity contribution >= 4 is 67.7 Å². The molecule has 4 nitrogen and oxygen atoms in total. The molecule has 0 amide bonds. The third-order valence-electron chi connectivity index (χ3n) is 5.37. The van der Waals surface area contributed by atoms with Gasteiger partial charge in [-0.1, -0.05) is 0 Å². The molecule has 0 aliphatic rings. The molecule has 0 aliphatic carbocycles. The Balaban J connectivity index is 6.11. The Labute approximate surface area is 237 Å². The molecule has 35 heavy (non-hydrogen) atoms. The molecule has 0 saturated carbocycles. The van der Waals surface area contributed by atoms with Crippen molar-refractivity contribution in [1.82, 2.24) is 0 Å². The molecule has 0 saturated heterocycles. The molecule has 0 atom stereocenters. The Bertz CT molecular complexity index is 524. The maximum absolute atomic E-state index is 6.45. The zero-order valence-corrected chi connectivity index (χ0v) is 31.3. The predicted molar refractivity (Wildman–Crippen MR) is 172 cm³/mol. The first-order chi connectivity index (χ1) is 16.8. The van der Waals surface area contributed by atoms with Crippen LogP contribution in [0.5, 0.6) is 0 Å². The molecule has 0 radical (unpaired) electrons. The first kappa shape index (κ1) is 37.6. The quantitative estimate of drug-likeness (QED) is 0.0498. The first-order valence-corrected chi connectivity index (χ1v) is 33.1. The molecule has 0 N–H and O–H groups in total. The van der Waals surface area contributed by atoms with E-state index in [0.717, 1.165) is 51.4 Å². The van der Waals surface area contributed by atoms with E-state index in [1.54, 1.807) is 0 Å². The summed E-state index contributed by atoms with van der Waals surface area (Å²) < 4.78 is 28.2. The summed E-state index contributed by atoms with van der Waals surface area (Å²) in [7, 11) is 3.96. The molecule has 0 aromatic rings. The Morgan fingerprint density at radius 1 is 0.486 bits per heavy atom. The molecular formula is C24H54O4P2S4Sn. The average molecular weight is 716 g/mol.